The van der Waals surface area contributed by atoms with Gasteiger partial charge in [-0.3, -0.25) is 0 Å². The second-order valence-electron chi connectivity index (χ2n) is 4.56. The third kappa shape index (κ3) is 3.99. The highest BCUT2D eigenvalue weighted by Crippen LogP contribution is 2.22. The maximum Gasteiger partial charge on any atom is 0.370 e. The number of esters is 1. The maximum absolute atomic E-state index is 13.8. The molecule has 0 fully saturated rings. The van der Waals surface area contributed by atoms with Gasteiger partial charge >= 0.3 is 5.97 Å². The van der Waals surface area contributed by atoms with Crippen LogP contribution >= 0.6 is 0 Å². The van der Waals surface area contributed by atoms with Crippen LogP contribution in [0.25, 0.3) is 5.83 Å². The highest BCUT2D eigenvalue weighted by Gasteiger charge is 2.18. The molecule has 0 spiro atoms. The second-order valence-corrected chi connectivity index (χ2v) is 4.56. The molecule has 0 aliphatic carbocycles. The lowest BCUT2D eigenvalue weighted by molar-refractivity contribution is -0.142. The van der Waals surface area contributed by atoms with Crippen LogP contribution in [0.1, 0.15) is 16.7 Å². The summed E-state index contributed by atoms with van der Waals surface area (Å²) in [6.45, 7) is 1.73. The van der Waals surface area contributed by atoms with Gasteiger partial charge in [0.05, 0.1) is 0 Å². The molecule has 0 saturated heterocycles. The highest BCUT2D eigenvalue weighted by atomic mass is 19.2. The number of rotatable bonds is 4. The molecular formula is C17H14F2O2. The SMILES string of the molecule is Cc1ccc(/C(F)=C(/F)C(=O)OCc2ccccc2)cc1. The Labute approximate surface area is 121 Å². The largest absolute Gasteiger partial charge is 0.455 e. The zero-order chi connectivity index (χ0) is 15.2. The Kier molecular flexibility index (Phi) is 4.82. The summed E-state index contributed by atoms with van der Waals surface area (Å²) in [4.78, 5) is 11.5. The Hall–Kier alpha value is -2.49. The van der Waals surface area contributed by atoms with Crippen molar-refractivity contribution in [2.75, 3.05) is 0 Å². The van der Waals surface area contributed by atoms with E-state index in [1.807, 2.05) is 13.0 Å². The molecule has 0 bridgehead atoms. The summed E-state index contributed by atoms with van der Waals surface area (Å²) in [5.74, 6) is -4.04. The summed E-state index contributed by atoms with van der Waals surface area (Å²) < 4.78 is 32.3. The minimum Gasteiger partial charge on any atom is -0.455 e. The van der Waals surface area contributed by atoms with Gasteiger partial charge in [0, 0.05) is 5.56 Å². The van der Waals surface area contributed by atoms with E-state index in [2.05, 4.69) is 0 Å². The first-order valence-electron chi connectivity index (χ1n) is 6.41. The molecule has 0 unspecified atom stereocenters. The first-order chi connectivity index (χ1) is 10.1. The predicted octanol–water partition coefficient (Wildman–Crippen LogP) is 4.35. The molecule has 0 amide bonds. The van der Waals surface area contributed by atoms with Crippen molar-refractivity contribution in [2.24, 2.45) is 0 Å². The smallest absolute Gasteiger partial charge is 0.370 e. The Morgan fingerprint density at radius 2 is 1.62 bits per heavy atom. The lowest BCUT2D eigenvalue weighted by Gasteiger charge is -2.05. The van der Waals surface area contributed by atoms with Crippen LogP contribution in [-0.4, -0.2) is 5.97 Å². The predicted molar refractivity (Wildman–Crippen MR) is 76.6 cm³/mol. The molecule has 2 aromatic carbocycles. The zero-order valence-electron chi connectivity index (χ0n) is 11.5. The first kappa shape index (κ1) is 14.9. The monoisotopic (exact) mass is 288 g/mol. The van der Waals surface area contributed by atoms with Gasteiger partial charge < -0.3 is 4.74 Å². The van der Waals surface area contributed by atoms with Crippen LogP contribution in [0.5, 0.6) is 0 Å². The van der Waals surface area contributed by atoms with Gasteiger partial charge in [0.15, 0.2) is 5.83 Å². The normalized spacial score (nSPS) is 11.8. The fourth-order valence-electron chi connectivity index (χ4n) is 1.70. The molecule has 2 rings (SSSR count). The van der Waals surface area contributed by atoms with Crippen LogP contribution in [0, 0.1) is 6.92 Å². The van der Waals surface area contributed by atoms with Crippen molar-refractivity contribution in [2.45, 2.75) is 13.5 Å². The van der Waals surface area contributed by atoms with Gasteiger partial charge in [-0.05, 0) is 12.5 Å². The number of aryl methyl sites for hydroxylation is 1. The van der Waals surface area contributed by atoms with Crippen LogP contribution in [0.2, 0.25) is 0 Å². The molecule has 2 aromatic rings. The van der Waals surface area contributed by atoms with E-state index in [0.29, 0.717) is 5.56 Å². The number of ether oxygens (including phenoxy) is 1. The van der Waals surface area contributed by atoms with Crippen molar-refractivity contribution in [3.63, 3.8) is 0 Å². The van der Waals surface area contributed by atoms with E-state index in [1.165, 1.54) is 12.1 Å². The number of hydrogen-bond donors (Lipinski definition) is 0. The van der Waals surface area contributed by atoms with Crippen LogP contribution in [0.15, 0.2) is 60.4 Å². The average Bonchev–Trinajstić information content (AvgIpc) is 2.53. The van der Waals surface area contributed by atoms with E-state index in [-0.39, 0.29) is 12.2 Å². The number of benzene rings is 2. The van der Waals surface area contributed by atoms with Gasteiger partial charge in [0.25, 0.3) is 0 Å². The molecule has 0 atom stereocenters. The number of carbonyl (C=O) groups excluding carboxylic acids is 1. The fraction of sp³-hybridized carbons (Fsp3) is 0.118. The molecular weight excluding hydrogens is 274 g/mol. The third-order valence-corrected chi connectivity index (χ3v) is 2.89. The summed E-state index contributed by atoms with van der Waals surface area (Å²) in [5, 5.41) is 0. The molecule has 108 valence electrons. The van der Waals surface area contributed by atoms with Crippen molar-refractivity contribution in [3.05, 3.63) is 77.1 Å². The molecule has 0 aliphatic heterocycles. The molecule has 21 heavy (non-hydrogen) atoms. The molecule has 0 aliphatic rings. The molecule has 2 nitrogen and oxygen atoms in total. The van der Waals surface area contributed by atoms with Gasteiger partial charge in [0.1, 0.15) is 6.61 Å². The summed E-state index contributed by atoms with van der Waals surface area (Å²) >= 11 is 0. The Morgan fingerprint density at radius 3 is 2.24 bits per heavy atom. The highest BCUT2D eigenvalue weighted by molar-refractivity contribution is 5.93. The van der Waals surface area contributed by atoms with Crippen LogP contribution in [0.3, 0.4) is 0 Å². The van der Waals surface area contributed by atoms with Crippen LogP contribution in [-0.2, 0) is 16.1 Å². The quantitative estimate of drug-likeness (QED) is 0.617. The summed E-state index contributed by atoms with van der Waals surface area (Å²) in [5.41, 5.74) is 1.63. The Balaban J connectivity index is 2.07. The molecule has 0 N–H and O–H groups in total. The van der Waals surface area contributed by atoms with E-state index in [4.69, 9.17) is 4.74 Å². The first-order valence-corrected chi connectivity index (χ1v) is 6.41. The lowest BCUT2D eigenvalue weighted by atomic mass is 10.1. The molecule has 4 heteroatoms. The number of carbonyl (C=O) groups is 1. The number of hydrogen-bond acceptors (Lipinski definition) is 2. The standard InChI is InChI=1S/C17H14F2O2/c1-12-7-9-14(10-8-12)15(18)16(19)17(20)21-11-13-5-3-2-4-6-13/h2-10H,11H2,1H3/b16-15-. The van der Waals surface area contributed by atoms with Crippen LogP contribution < -0.4 is 0 Å². The second kappa shape index (κ2) is 6.79. The fourth-order valence-corrected chi connectivity index (χ4v) is 1.70. The van der Waals surface area contributed by atoms with Gasteiger partial charge in [-0.2, -0.15) is 4.39 Å². The van der Waals surface area contributed by atoms with Gasteiger partial charge in [-0.1, -0.05) is 60.2 Å². The minimum absolute atomic E-state index is 0.00904. The third-order valence-electron chi connectivity index (χ3n) is 2.89. The van der Waals surface area contributed by atoms with Gasteiger partial charge in [0.2, 0.25) is 5.83 Å². The topological polar surface area (TPSA) is 26.3 Å². The summed E-state index contributed by atoms with van der Waals surface area (Å²) in [7, 11) is 0. The summed E-state index contributed by atoms with van der Waals surface area (Å²) in [6.07, 6.45) is 0. The lowest BCUT2D eigenvalue weighted by Crippen LogP contribution is -2.06. The molecule has 0 radical (unpaired) electrons. The minimum atomic E-state index is -1.52. The van der Waals surface area contributed by atoms with E-state index in [1.54, 1.807) is 36.4 Å². The molecule has 0 aromatic heterocycles. The van der Waals surface area contributed by atoms with Crippen molar-refractivity contribution >= 4 is 11.8 Å². The van der Waals surface area contributed by atoms with Crippen molar-refractivity contribution in [1.29, 1.82) is 0 Å². The Morgan fingerprint density at radius 1 is 1.00 bits per heavy atom. The Bertz CT molecular complexity index is 646. The van der Waals surface area contributed by atoms with Crippen molar-refractivity contribution in [1.82, 2.24) is 0 Å². The van der Waals surface area contributed by atoms with Crippen molar-refractivity contribution < 1.29 is 18.3 Å². The van der Waals surface area contributed by atoms with E-state index in [9.17, 15) is 13.6 Å². The summed E-state index contributed by atoms with van der Waals surface area (Å²) in [6, 6.07) is 14.9. The maximum atomic E-state index is 13.8. The van der Waals surface area contributed by atoms with E-state index < -0.39 is 17.6 Å². The average molecular weight is 288 g/mol. The van der Waals surface area contributed by atoms with Crippen LogP contribution in [0.4, 0.5) is 8.78 Å². The zero-order valence-corrected chi connectivity index (χ0v) is 11.5. The molecule has 0 saturated carbocycles. The van der Waals surface area contributed by atoms with E-state index >= 15 is 0 Å². The van der Waals surface area contributed by atoms with E-state index in [0.717, 1.165) is 5.56 Å². The van der Waals surface area contributed by atoms with Crippen molar-refractivity contribution in [3.8, 4) is 0 Å². The molecule has 0 heterocycles. The van der Waals surface area contributed by atoms with Gasteiger partial charge in [-0.15, -0.1) is 0 Å². The number of halogens is 2. The van der Waals surface area contributed by atoms with Gasteiger partial charge in [-0.25, -0.2) is 9.18 Å².